The molecule has 37 heavy (non-hydrogen) atoms. The molecule has 9 nitrogen and oxygen atoms in total. The largest absolute Gasteiger partial charge is 0.488 e. The van der Waals surface area contributed by atoms with Gasteiger partial charge in [0.15, 0.2) is 0 Å². The highest BCUT2D eigenvalue weighted by Crippen LogP contribution is 2.37. The zero-order valence-electron chi connectivity index (χ0n) is 20.7. The molecule has 1 aliphatic carbocycles. The zero-order valence-corrected chi connectivity index (χ0v) is 21.6. The summed E-state index contributed by atoms with van der Waals surface area (Å²) in [7, 11) is 0. The lowest BCUT2D eigenvalue weighted by molar-refractivity contribution is 0.0438. The van der Waals surface area contributed by atoms with Gasteiger partial charge in [-0.3, -0.25) is 4.79 Å². The number of benzene rings is 1. The van der Waals surface area contributed by atoms with E-state index in [0.29, 0.717) is 27.8 Å². The molecule has 1 aromatic carbocycles. The number of hydrogen-bond acceptors (Lipinski definition) is 9. The number of halogens is 1. The molecule has 0 bridgehead atoms. The Hall–Kier alpha value is -2.86. The molecule has 1 aliphatic heterocycles. The molecule has 2 aromatic heterocycles. The first-order valence-electron chi connectivity index (χ1n) is 12.7. The number of hydrogen-bond donors (Lipinski definition) is 4. The maximum Gasteiger partial charge on any atom is 0.261 e. The van der Waals surface area contributed by atoms with Gasteiger partial charge in [0.25, 0.3) is 5.91 Å². The number of aliphatic hydroxyl groups excluding tert-OH is 2. The van der Waals surface area contributed by atoms with Crippen LogP contribution in [0.2, 0.25) is 0 Å². The van der Waals surface area contributed by atoms with Crippen LogP contribution in [0.25, 0.3) is 10.2 Å². The molecule has 2 aliphatic rings. The van der Waals surface area contributed by atoms with Crippen LogP contribution in [-0.2, 0) is 0 Å². The molecule has 198 valence electrons. The molecule has 4 N–H and O–H groups in total. The average Bonchev–Trinajstić information content (AvgIpc) is 3.59. The standard InChI is InChI=1S/C26H32FN5O4S/c1-15-22-24(31-18-6-5-16(27)11-21(18)36-17-12-19(33)20(34)13-17)29-14-30-26(22)37-23(15)25(35)28-7-4-10-32-8-2-3-9-32/h5-6,11,14,17,19-20,33-34H,2-4,7-10,12-13H2,1H3,(H,28,35)(H,29,30,31)/t17-,19-,20+. The highest BCUT2D eigenvalue weighted by atomic mass is 32.1. The fourth-order valence-electron chi connectivity index (χ4n) is 5.02. The van der Waals surface area contributed by atoms with E-state index >= 15 is 0 Å². The summed E-state index contributed by atoms with van der Waals surface area (Å²) < 4.78 is 20.0. The Balaban J connectivity index is 1.32. The van der Waals surface area contributed by atoms with Crippen LogP contribution in [0.3, 0.4) is 0 Å². The number of aromatic nitrogens is 2. The summed E-state index contributed by atoms with van der Waals surface area (Å²) in [6, 6.07) is 4.13. The Bertz CT molecular complexity index is 1260. The molecule has 2 fully saturated rings. The maximum atomic E-state index is 14.1. The van der Waals surface area contributed by atoms with Crippen molar-refractivity contribution in [3.05, 3.63) is 40.8 Å². The Morgan fingerprint density at radius 3 is 2.73 bits per heavy atom. The number of aryl methyl sites for hydroxylation is 1. The SMILES string of the molecule is Cc1c(C(=O)NCCCN2CCCC2)sc2ncnc(Nc3ccc(F)cc3O[C@@H]3C[C@@H](O)[C@@H](O)C3)c12. The monoisotopic (exact) mass is 529 g/mol. The summed E-state index contributed by atoms with van der Waals surface area (Å²) in [6.45, 7) is 5.76. The van der Waals surface area contributed by atoms with Crippen LogP contribution in [-0.4, -0.2) is 75.5 Å². The number of rotatable bonds is 9. The number of nitrogens with zero attached hydrogens (tertiary/aromatic N) is 3. The smallest absolute Gasteiger partial charge is 0.261 e. The molecule has 0 spiro atoms. The van der Waals surface area contributed by atoms with Gasteiger partial charge in [-0.15, -0.1) is 11.3 Å². The molecule has 0 radical (unpaired) electrons. The lowest BCUT2D eigenvalue weighted by Crippen LogP contribution is -2.28. The van der Waals surface area contributed by atoms with E-state index in [9.17, 15) is 19.4 Å². The number of carbonyl (C=O) groups is 1. The van der Waals surface area contributed by atoms with Gasteiger partial charge < -0.3 is 30.5 Å². The molecule has 11 heteroatoms. The summed E-state index contributed by atoms with van der Waals surface area (Å²) in [6.07, 6.45) is 3.18. The summed E-state index contributed by atoms with van der Waals surface area (Å²) in [5.41, 5.74) is 1.25. The molecule has 1 amide bonds. The second-order valence-electron chi connectivity index (χ2n) is 9.73. The molecular formula is C26H32FN5O4S. The molecule has 0 unspecified atom stereocenters. The first-order chi connectivity index (χ1) is 17.9. The van der Waals surface area contributed by atoms with Gasteiger partial charge in [-0.2, -0.15) is 0 Å². The van der Waals surface area contributed by atoms with Gasteiger partial charge in [0.2, 0.25) is 0 Å². The highest BCUT2D eigenvalue weighted by Gasteiger charge is 2.33. The van der Waals surface area contributed by atoms with Gasteiger partial charge in [-0.25, -0.2) is 14.4 Å². The summed E-state index contributed by atoms with van der Waals surface area (Å²) in [5.74, 6) is 0.136. The van der Waals surface area contributed by atoms with Crippen molar-refractivity contribution in [2.24, 2.45) is 0 Å². The van der Waals surface area contributed by atoms with E-state index in [1.807, 2.05) is 6.92 Å². The van der Waals surface area contributed by atoms with E-state index < -0.39 is 24.1 Å². The van der Waals surface area contributed by atoms with Gasteiger partial charge in [-0.05, 0) is 63.5 Å². The zero-order chi connectivity index (χ0) is 25.9. The lowest BCUT2D eigenvalue weighted by atomic mass is 10.2. The fraction of sp³-hybridized carbons (Fsp3) is 0.500. The molecule has 3 heterocycles. The summed E-state index contributed by atoms with van der Waals surface area (Å²) in [5, 5.41) is 26.7. The van der Waals surface area contributed by atoms with Crippen molar-refractivity contribution in [1.29, 1.82) is 0 Å². The maximum absolute atomic E-state index is 14.1. The number of aliphatic hydroxyl groups is 2. The molecule has 3 aromatic rings. The third-order valence-electron chi connectivity index (χ3n) is 7.01. The summed E-state index contributed by atoms with van der Waals surface area (Å²) in [4.78, 5) is 25.4. The van der Waals surface area contributed by atoms with Crippen molar-refractivity contribution in [2.45, 2.75) is 57.3 Å². The van der Waals surface area contributed by atoms with Crippen molar-refractivity contribution in [2.75, 3.05) is 31.5 Å². The second-order valence-corrected chi connectivity index (χ2v) is 10.7. The number of likely N-dealkylation sites (tertiary alicyclic amines) is 1. The number of nitrogens with one attached hydrogen (secondary N) is 2. The van der Waals surface area contributed by atoms with E-state index in [1.165, 1.54) is 42.6 Å². The van der Waals surface area contributed by atoms with Crippen LogP contribution >= 0.6 is 11.3 Å². The normalized spacial score (nSPS) is 22.0. The van der Waals surface area contributed by atoms with Gasteiger partial charge in [0, 0.05) is 25.5 Å². The molecule has 1 saturated carbocycles. The van der Waals surface area contributed by atoms with Crippen molar-refractivity contribution in [3.8, 4) is 5.75 Å². The van der Waals surface area contributed by atoms with E-state index in [0.717, 1.165) is 37.0 Å². The van der Waals surface area contributed by atoms with E-state index in [4.69, 9.17) is 4.74 Å². The predicted octanol–water partition coefficient (Wildman–Crippen LogP) is 3.36. The van der Waals surface area contributed by atoms with Crippen LogP contribution in [0.5, 0.6) is 5.75 Å². The molecular weight excluding hydrogens is 497 g/mol. The number of fused-ring (bicyclic) bond motifs is 1. The van der Waals surface area contributed by atoms with Gasteiger partial charge >= 0.3 is 0 Å². The number of amides is 1. The first-order valence-corrected chi connectivity index (χ1v) is 13.5. The Morgan fingerprint density at radius 1 is 1.22 bits per heavy atom. The average molecular weight is 530 g/mol. The van der Waals surface area contributed by atoms with E-state index in [1.54, 1.807) is 6.07 Å². The third-order valence-corrected chi connectivity index (χ3v) is 8.21. The minimum absolute atomic E-state index is 0.128. The number of thiophene rings is 1. The number of anilines is 2. The van der Waals surface area contributed by atoms with Gasteiger partial charge in [-0.1, -0.05) is 0 Å². The van der Waals surface area contributed by atoms with Crippen LogP contribution in [0.4, 0.5) is 15.9 Å². The number of carbonyl (C=O) groups excluding carboxylic acids is 1. The van der Waals surface area contributed by atoms with Crippen LogP contribution < -0.4 is 15.4 Å². The third kappa shape index (κ3) is 5.85. The Morgan fingerprint density at radius 2 is 1.97 bits per heavy atom. The molecule has 5 rings (SSSR count). The van der Waals surface area contributed by atoms with Crippen molar-refractivity contribution in [3.63, 3.8) is 0 Å². The fourth-order valence-corrected chi connectivity index (χ4v) is 6.09. The molecule has 1 saturated heterocycles. The quantitative estimate of drug-likeness (QED) is 0.312. The van der Waals surface area contributed by atoms with Gasteiger partial charge in [0.05, 0.1) is 28.2 Å². The lowest BCUT2D eigenvalue weighted by Gasteiger charge is -2.17. The minimum atomic E-state index is -0.866. The number of ether oxygens (including phenoxy) is 1. The van der Waals surface area contributed by atoms with Crippen molar-refractivity contribution >= 4 is 39.0 Å². The van der Waals surface area contributed by atoms with Crippen molar-refractivity contribution < 1.29 is 24.1 Å². The van der Waals surface area contributed by atoms with Crippen LogP contribution in [0, 0.1) is 12.7 Å². The molecule has 3 atom stereocenters. The van der Waals surface area contributed by atoms with E-state index in [-0.39, 0.29) is 24.5 Å². The minimum Gasteiger partial charge on any atom is -0.488 e. The first kappa shape index (κ1) is 25.8. The Labute approximate surface area is 218 Å². The topological polar surface area (TPSA) is 120 Å². The highest BCUT2D eigenvalue weighted by molar-refractivity contribution is 7.20. The van der Waals surface area contributed by atoms with Crippen LogP contribution in [0.15, 0.2) is 24.5 Å². The second kappa shape index (κ2) is 11.3. The van der Waals surface area contributed by atoms with Crippen LogP contribution in [0.1, 0.15) is 47.3 Å². The Kier molecular flexibility index (Phi) is 7.84. The predicted molar refractivity (Wildman–Crippen MR) is 140 cm³/mol. The van der Waals surface area contributed by atoms with Crippen molar-refractivity contribution in [1.82, 2.24) is 20.2 Å². The summed E-state index contributed by atoms with van der Waals surface area (Å²) >= 11 is 1.31. The van der Waals surface area contributed by atoms with Gasteiger partial charge in [0.1, 0.15) is 34.6 Å². The van der Waals surface area contributed by atoms with E-state index in [2.05, 4.69) is 25.5 Å².